The van der Waals surface area contributed by atoms with Crippen LogP contribution in [0.1, 0.15) is 19.4 Å². The van der Waals surface area contributed by atoms with Crippen LogP contribution in [0.4, 0.5) is 0 Å². The number of benzene rings is 1. The molecule has 0 heterocycles. The lowest BCUT2D eigenvalue weighted by molar-refractivity contribution is 0.0975. The van der Waals surface area contributed by atoms with Crippen molar-refractivity contribution in [2.24, 2.45) is 5.41 Å². The zero-order valence-electron chi connectivity index (χ0n) is 10.2. The second-order valence-electron chi connectivity index (χ2n) is 4.76. The maximum Gasteiger partial charge on any atom is 0.119 e. The molecule has 3 nitrogen and oxygen atoms in total. The van der Waals surface area contributed by atoms with Gasteiger partial charge >= 0.3 is 0 Å². The monoisotopic (exact) mass is 222 g/mol. The Morgan fingerprint density at radius 2 is 2.06 bits per heavy atom. The summed E-state index contributed by atoms with van der Waals surface area (Å²) in [6.45, 7) is 4.42. The van der Waals surface area contributed by atoms with E-state index in [1.54, 1.807) is 12.1 Å². The Bertz CT molecular complexity index is 350. The third kappa shape index (κ3) is 3.45. The van der Waals surface area contributed by atoms with Crippen LogP contribution in [0.25, 0.3) is 0 Å². The molecule has 1 aromatic rings. The van der Waals surface area contributed by atoms with Crippen LogP contribution < -0.4 is 4.74 Å². The van der Waals surface area contributed by atoms with Gasteiger partial charge in [0, 0.05) is 5.41 Å². The van der Waals surface area contributed by atoms with E-state index in [0.29, 0.717) is 12.4 Å². The molecule has 16 heavy (non-hydrogen) atoms. The summed E-state index contributed by atoms with van der Waals surface area (Å²) < 4.78 is 5.59. The van der Waals surface area contributed by atoms with Crippen molar-refractivity contribution in [3.05, 3.63) is 23.8 Å². The number of aliphatic hydroxyl groups excluding tert-OH is 1. The molecule has 1 aromatic carbocycles. The zero-order valence-corrected chi connectivity index (χ0v) is 10.2. The van der Waals surface area contributed by atoms with Crippen molar-refractivity contribution in [1.29, 1.82) is 0 Å². The lowest BCUT2D eigenvalue weighted by atomic mass is 9.95. The number of ether oxygens (including phenoxy) is 1. The molecule has 0 aliphatic carbocycles. The first-order chi connectivity index (χ1) is 7.48. The van der Waals surface area contributed by atoms with Gasteiger partial charge in [0.05, 0.1) is 13.2 Å². The van der Waals surface area contributed by atoms with Crippen LogP contribution in [-0.2, 0) is 6.32 Å². The van der Waals surface area contributed by atoms with E-state index in [0.717, 1.165) is 17.6 Å². The van der Waals surface area contributed by atoms with Gasteiger partial charge < -0.3 is 14.9 Å². The van der Waals surface area contributed by atoms with Gasteiger partial charge in [0.2, 0.25) is 0 Å². The van der Waals surface area contributed by atoms with E-state index in [1.807, 2.05) is 27.8 Å². The molecule has 0 aliphatic heterocycles. The smallest absolute Gasteiger partial charge is 0.119 e. The van der Waals surface area contributed by atoms with Crippen LogP contribution in [0.5, 0.6) is 11.5 Å². The largest absolute Gasteiger partial charge is 0.508 e. The molecule has 0 atom stereocenters. The van der Waals surface area contributed by atoms with E-state index in [9.17, 15) is 5.11 Å². The molecule has 0 spiro atoms. The molecular formula is C12H19BO3. The fourth-order valence-corrected chi connectivity index (χ4v) is 1.26. The predicted molar refractivity (Wildman–Crippen MR) is 66.7 cm³/mol. The topological polar surface area (TPSA) is 49.7 Å². The summed E-state index contributed by atoms with van der Waals surface area (Å²) in [6, 6.07) is 5.21. The second kappa shape index (κ2) is 5.26. The van der Waals surface area contributed by atoms with Crippen molar-refractivity contribution in [3.63, 3.8) is 0 Å². The molecule has 0 aromatic heterocycles. The second-order valence-corrected chi connectivity index (χ2v) is 4.76. The van der Waals surface area contributed by atoms with Crippen LogP contribution in [-0.4, -0.2) is 31.3 Å². The minimum atomic E-state index is -0.246. The maximum atomic E-state index is 9.51. The van der Waals surface area contributed by atoms with E-state index in [2.05, 4.69) is 0 Å². The van der Waals surface area contributed by atoms with Gasteiger partial charge in [0.25, 0.3) is 0 Å². The first kappa shape index (κ1) is 12.9. The number of phenolic OH excluding ortho intramolecular Hbond substituents is 1. The van der Waals surface area contributed by atoms with Crippen LogP contribution in [0, 0.1) is 5.41 Å². The quantitative estimate of drug-likeness (QED) is 0.728. The summed E-state index contributed by atoms with van der Waals surface area (Å²) in [7, 11) is 1.98. The molecule has 88 valence electrons. The van der Waals surface area contributed by atoms with Gasteiger partial charge in [-0.15, -0.1) is 0 Å². The highest BCUT2D eigenvalue weighted by Gasteiger charge is 2.17. The van der Waals surface area contributed by atoms with Gasteiger partial charge in [-0.05, 0) is 23.8 Å². The highest BCUT2D eigenvalue weighted by molar-refractivity contribution is 6.08. The predicted octanol–water partition coefficient (Wildman–Crippen LogP) is 0.923. The summed E-state index contributed by atoms with van der Waals surface area (Å²) in [5, 5.41) is 18.6. The summed E-state index contributed by atoms with van der Waals surface area (Å²) in [5.41, 5.74) is 0.629. The molecule has 0 unspecified atom stereocenters. The van der Waals surface area contributed by atoms with Crippen LogP contribution in [0.2, 0.25) is 0 Å². The van der Waals surface area contributed by atoms with Gasteiger partial charge in [0.15, 0.2) is 0 Å². The maximum absolute atomic E-state index is 9.51. The zero-order chi connectivity index (χ0) is 12.2. The minimum Gasteiger partial charge on any atom is -0.508 e. The molecule has 0 aliphatic rings. The molecule has 0 saturated carbocycles. The highest BCUT2D eigenvalue weighted by Crippen LogP contribution is 2.24. The minimum absolute atomic E-state index is 0.0890. The Hall–Kier alpha value is -1.16. The number of hydrogen-bond donors (Lipinski definition) is 2. The fourth-order valence-electron chi connectivity index (χ4n) is 1.26. The summed E-state index contributed by atoms with van der Waals surface area (Å²) in [6.07, 6.45) is 0.770. The van der Waals surface area contributed by atoms with Crippen molar-refractivity contribution in [2.45, 2.75) is 20.2 Å². The molecule has 4 heteroatoms. The SMILES string of the molecule is BCc1cc(OCC(C)(C)CO)ccc1O. The lowest BCUT2D eigenvalue weighted by Crippen LogP contribution is -2.25. The normalized spacial score (nSPS) is 11.4. The third-order valence-corrected chi connectivity index (χ3v) is 2.49. The van der Waals surface area contributed by atoms with Crippen molar-refractivity contribution in [1.82, 2.24) is 0 Å². The van der Waals surface area contributed by atoms with Gasteiger partial charge in [0.1, 0.15) is 19.3 Å². The number of hydrogen-bond acceptors (Lipinski definition) is 3. The molecule has 0 bridgehead atoms. The number of aliphatic hydroxyl groups is 1. The number of aromatic hydroxyl groups is 1. The number of phenols is 1. The molecule has 0 radical (unpaired) electrons. The molecule has 0 amide bonds. The van der Waals surface area contributed by atoms with E-state index in [1.165, 1.54) is 0 Å². The summed E-state index contributed by atoms with van der Waals surface area (Å²) in [5.74, 6) is 1.03. The van der Waals surface area contributed by atoms with Crippen LogP contribution in [0.3, 0.4) is 0 Å². The lowest BCUT2D eigenvalue weighted by Gasteiger charge is -2.22. The van der Waals surface area contributed by atoms with Crippen molar-refractivity contribution < 1.29 is 14.9 Å². The van der Waals surface area contributed by atoms with Crippen molar-refractivity contribution in [3.8, 4) is 11.5 Å². The first-order valence-corrected chi connectivity index (χ1v) is 5.54. The fraction of sp³-hybridized carbons (Fsp3) is 0.500. The molecular weight excluding hydrogens is 203 g/mol. The van der Waals surface area contributed by atoms with E-state index in [-0.39, 0.29) is 12.0 Å². The average Bonchev–Trinajstić information content (AvgIpc) is 2.28. The molecule has 2 N–H and O–H groups in total. The van der Waals surface area contributed by atoms with E-state index < -0.39 is 0 Å². The molecule has 1 rings (SSSR count). The first-order valence-electron chi connectivity index (χ1n) is 5.54. The average molecular weight is 222 g/mol. The Morgan fingerprint density at radius 1 is 1.38 bits per heavy atom. The van der Waals surface area contributed by atoms with Gasteiger partial charge in [-0.1, -0.05) is 20.2 Å². The summed E-state index contributed by atoms with van der Waals surface area (Å²) in [4.78, 5) is 0. The molecule has 0 saturated heterocycles. The Balaban J connectivity index is 2.68. The van der Waals surface area contributed by atoms with Crippen molar-refractivity contribution >= 4 is 7.85 Å². The van der Waals surface area contributed by atoms with E-state index in [4.69, 9.17) is 9.84 Å². The highest BCUT2D eigenvalue weighted by atomic mass is 16.5. The Morgan fingerprint density at radius 3 is 2.62 bits per heavy atom. The number of rotatable bonds is 5. The van der Waals surface area contributed by atoms with Gasteiger partial charge in [-0.3, -0.25) is 0 Å². The van der Waals surface area contributed by atoms with Crippen molar-refractivity contribution in [2.75, 3.05) is 13.2 Å². The third-order valence-electron chi connectivity index (χ3n) is 2.49. The Labute approximate surface area is 97.5 Å². The van der Waals surface area contributed by atoms with E-state index >= 15 is 0 Å². The van der Waals surface area contributed by atoms with Crippen LogP contribution in [0.15, 0.2) is 18.2 Å². The van der Waals surface area contributed by atoms with Gasteiger partial charge in [-0.2, -0.15) is 0 Å². The Kier molecular flexibility index (Phi) is 4.24. The summed E-state index contributed by atoms with van der Waals surface area (Å²) >= 11 is 0. The van der Waals surface area contributed by atoms with Crippen LogP contribution >= 0.6 is 0 Å². The van der Waals surface area contributed by atoms with Gasteiger partial charge in [-0.25, -0.2) is 0 Å². The molecule has 0 fully saturated rings. The standard InChI is InChI=1S/C12H19BO3/c1-12(2,7-14)8-16-10-3-4-11(15)9(5-10)6-13/h3-5,14-15H,6-8,13H2,1-2H3.